The van der Waals surface area contributed by atoms with Crippen LogP contribution >= 0.6 is 0 Å². The van der Waals surface area contributed by atoms with Crippen LogP contribution in [0, 0.1) is 17.0 Å². The van der Waals surface area contributed by atoms with Gasteiger partial charge < -0.3 is 19.5 Å². The molecule has 2 aromatic carbocycles. The van der Waals surface area contributed by atoms with Gasteiger partial charge >= 0.3 is 5.97 Å². The number of hydrogen-bond acceptors (Lipinski definition) is 7. The highest BCUT2D eigenvalue weighted by atomic mass is 16.6. The van der Waals surface area contributed by atoms with Crippen LogP contribution in [0.25, 0.3) is 0 Å². The molecule has 1 N–H and O–H groups in total. The zero-order valence-electron chi connectivity index (χ0n) is 16.5. The Hall–Kier alpha value is -3.62. The zero-order valence-corrected chi connectivity index (χ0v) is 16.5. The van der Waals surface area contributed by atoms with E-state index in [-0.39, 0.29) is 17.1 Å². The van der Waals surface area contributed by atoms with Gasteiger partial charge in [0.2, 0.25) is 0 Å². The van der Waals surface area contributed by atoms with Crippen LogP contribution in [-0.2, 0) is 14.3 Å². The number of nitrogens with zero attached hydrogens (tertiary/aromatic N) is 1. The van der Waals surface area contributed by atoms with Crippen LogP contribution in [0.5, 0.6) is 11.5 Å². The fraction of sp³-hybridized carbons (Fsp3) is 0.300. The molecule has 154 valence electrons. The zero-order chi connectivity index (χ0) is 21.6. The lowest BCUT2D eigenvalue weighted by atomic mass is 10.2. The van der Waals surface area contributed by atoms with Gasteiger partial charge in [-0.05, 0) is 50.6 Å². The van der Waals surface area contributed by atoms with Crippen LogP contribution in [0.4, 0.5) is 11.4 Å². The van der Waals surface area contributed by atoms with Crippen molar-refractivity contribution in [1.29, 1.82) is 0 Å². The summed E-state index contributed by atoms with van der Waals surface area (Å²) in [7, 11) is 1.37. The van der Waals surface area contributed by atoms with E-state index in [2.05, 4.69) is 5.32 Å². The van der Waals surface area contributed by atoms with Gasteiger partial charge in [-0.3, -0.25) is 14.9 Å². The van der Waals surface area contributed by atoms with Gasteiger partial charge in [0, 0.05) is 0 Å². The number of nitrogens with one attached hydrogen (secondary N) is 1. The van der Waals surface area contributed by atoms with Gasteiger partial charge in [0.25, 0.3) is 11.6 Å². The van der Waals surface area contributed by atoms with Crippen molar-refractivity contribution in [2.24, 2.45) is 0 Å². The predicted octanol–water partition coefficient (Wildman–Crippen LogP) is 3.25. The van der Waals surface area contributed by atoms with E-state index < -0.39 is 29.0 Å². The maximum atomic E-state index is 12.3. The summed E-state index contributed by atoms with van der Waals surface area (Å²) in [6.45, 7) is 4.76. The molecule has 2 rings (SSSR count). The van der Waals surface area contributed by atoms with E-state index >= 15 is 0 Å². The molecule has 1 amide bonds. The standard InChI is InChI=1S/C20H22N2O7/c1-12-6-5-7-16(10-12)28-14(3)20(24)29-13(2)19(23)21-17-9-8-15(27-4)11-18(17)22(25)26/h5-11,13-14H,1-4H3,(H,21,23)/t13-,14+/m1/s1. The second kappa shape index (κ2) is 9.54. The van der Waals surface area contributed by atoms with E-state index in [4.69, 9.17) is 14.2 Å². The summed E-state index contributed by atoms with van der Waals surface area (Å²) in [6.07, 6.45) is -2.13. The third-order valence-corrected chi connectivity index (χ3v) is 3.96. The van der Waals surface area contributed by atoms with E-state index in [1.807, 2.05) is 13.0 Å². The topological polar surface area (TPSA) is 117 Å². The molecule has 0 aliphatic heterocycles. The minimum absolute atomic E-state index is 0.0345. The Morgan fingerprint density at radius 1 is 1.07 bits per heavy atom. The number of aryl methyl sites for hydroxylation is 1. The summed E-state index contributed by atoms with van der Waals surface area (Å²) >= 11 is 0. The summed E-state index contributed by atoms with van der Waals surface area (Å²) in [4.78, 5) is 35.1. The molecule has 0 heterocycles. The van der Waals surface area contributed by atoms with Crippen LogP contribution in [0.3, 0.4) is 0 Å². The van der Waals surface area contributed by atoms with Crippen molar-refractivity contribution in [3.63, 3.8) is 0 Å². The van der Waals surface area contributed by atoms with Crippen LogP contribution in [0.1, 0.15) is 19.4 Å². The summed E-state index contributed by atoms with van der Waals surface area (Å²) in [5, 5.41) is 13.6. The number of nitro groups is 1. The summed E-state index contributed by atoms with van der Waals surface area (Å²) in [5.41, 5.74) is 0.594. The van der Waals surface area contributed by atoms with Gasteiger partial charge in [0.05, 0.1) is 18.1 Å². The highest BCUT2D eigenvalue weighted by Crippen LogP contribution is 2.29. The summed E-state index contributed by atoms with van der Waals surface area (Å²) in [5.74, 6) is -0.676. The largest absolute Gasteiger partial charge is 0.496 e. The van der Waals surface area contributed by atoms with Crippen molar-refractivity contribution in [2.45, 2.75) is 33.0 Å². The van der Waals surface area contributed by atoms with Crippen molar-refractivity contribution < 1.29 is 28.7 Å². The smallest absolute Gasteiger partial charge is 0.347 e. The fourth-order valence-corrected chi connectivity index (χ4v) is 2.39. The molecular weight excluding hydrogens is 380 g/mol. The SMILES string of the molecule is COc1ccc(NC(=O)[C@@H](C)OC(=O)[C@H](C)Oc2cccc(C)c2)c([N+](=O)[O-])c1. The molecule has 0 unspecified atom stereocenters. The quantitative estimate of drug-likeness (QED) is 0.409. The lowest BCUT2D eigenvalue weighted by Crippen LogP contribution is -2.35. The van der Waals surface area contributed by atoms with Crippen LogP contribution in [-0.4, -0.2) is 36.1 Å². The number of hydrogen-bond donors (Lipinski definition) is 1. The first kappa shape index (κ1) is 21.7. The molecule has 0 spiro atoms. The van der Waals surface area contributed by atoms with Gasteiger partial charge in [-0.1, -0.05) is 12.1 Å². The van der Waals surface area contributed by atoms with Gasteiger partial charge in [0.1, 0.15) is 17.2 Å². The molecule has 2 atom stereocenters. The number of amides is 1. The molecule has 2 aromatic rings. The Balaban J connectivity index is 1.99. The lowest BCUT2D eigenvalue weighted by Gasteiger charge is -2.18. The molecule has 0 radical (unpaired) electrons. The van der Waals surface area contributed by atoms with E-state index in [0.717, 1.165) is 5.56 Å². The second-order valence-corrected chi connectivity index (χ2v) is 6.29. The molecule has 0 aliphatic carbocycles. The van der Waals surface area contributed by atoms with E-state index in [1.165, 1.54) is 39.2 Å². The molecule has 0 saturated carbocycles. The van der Waals surface area contributed by atoms with Gasteiger partial charge in [-0.15, -0.1) is 0 Å². The molecule has 9 heteroatoms. The lowest BCUT2D eigenvalue weighted by molar-refractivity contribution is -0.384. The predicted molar refractivity (Wildman–Crippen MR) is 105 cm³/mol. The Kier molecular flexibility index (Phi) is 7.13. The highest BCUT2D eigenvalue weighted by molar-refractivity contribution is 5.97. The monoisotopic (exact) mass is 402 g/mol. The van der Waals surface area contributed by atoms with Crippen molar-refractivity contribution in [1.82, 2.24) is 0 Å². The maximum absolute atomic E-state index is 12.3. The molecule has 9 nitrogen and oxygen atoms in total. The summed E-state index contributed by atoms with van der Waals surface area (Å²) < 4.78 is 15.6. The first-order valence-electron chi connectivity index (χ1n) is 8.78. The maximum Gasteiger partial charge on any atom is 0.347 e. The summed E-state index contributed by atoms with van der Waals surface area (Å²) in [6, 6.07) is 11.1. The molecular formula is C20H22N2O7. The number of carbonyl (C=O) groups excluding carboxylic acids is 2. The van der Waals surface area contributed by atoms with Crippen LogP contribution in [0.2, 0.25) is 0 Å². The number of rotatable bonds is 8. The number of anilines is 1. The Labute approximate surface area is 167 Å². The minimum atomic E-state index is -1.19. The molecule has 0 saturated heterocycles. The number of esters is 1. The van der Waals surface area contributed by atoms with Gasteiger partial charge in [-0.25, -0.2) is 4.79 Å². The third kappa shape index (κ3) is 5.93. The normalized spacial score (nSPS) is 12.4. The minimum Gasteiger partial charge on any atom is -0.496 e. The number of benzene rings is 2. The van der Waals surface area contributed by atoms with Crippen LogP contribution in [0.15, 0.2) is 42.5 Å². The highest BCUT2D eigenvalue weighted by Gasteiger charge is 2.25. The molecule has 0 fully saturated rings. The van der Waals surface area contributed by atoms with Crippen molar-refractivity contribution in [3.8, 4) is 11.5 Å². The van der Waals surface area contributed by atoms with Crippen molar-refractivity contribution in [3.05, 3.63) is 58.1 Å². The number of methoxy groups -OCH3 is 1. The van der Waals surface area contributed by atoms with Crippen molar-refractivity contribution in [2.75, 3.05) is 12.4 Å². The van der Waals surface area contributed by atoms with Crippen LogP contribution < -0.4 is 14.8 Å². The Morgan fingerprint density at radius 3 is 2.41 bits per heavy atom. The third-order valence-electron chi connectivity index (χ3n) is 3.96. The van der Waals surface area contributed by atoms with Gasteiger partial charge in [-0.2, -0.15) is 0 Å². The second-order valence-electron chi connectivity index (χ2n) is 6.29. The Bertz CT molecular complexity index is 913. The molecule has 0 aromatic heterocycles. The number of carbonyl (C=O) groups is 2. The fourth-order valence-electron chi connectivity index (χ4n) is 2.39. The molecule has 29 heavy (non-hydrogen) atoms. The first-order valence-corrected chi connectivity index (χ1v) is 8.78. The first-order chi connectivity index (χ1) is 13.7. The van der Waals surface area contributed by atoms with E-state index in [0.29, 0.717) is 5.75 Å². The molecule has 0 bridgehead atoms. The Morgan fingerprint density at radius 2 is 1.79 bits per heavy atom. The van der Waals surface area contributed by atoms with Crippen molar-refractivity contribution >= 4 is 23.3 Å². The van der Waals surface area contributed by atoms with E-state index in [1.54, 1.807) is 18.2 Å². The molecule has 0 aliphatic rings. The number of ether oxygens (including phenoxy) is 3. The van der Waals surface area contributed by atoms with Gasteiger partial charge in [0.15, 0.2) is 12.2 Å². The number of nitro benzene ring substituents is 1. The average Bonchev–Trinajstić information content (AvgIpc) is 2.67. The average molecular weight is 402 g/mol. The van der Waals surface area contributed by atoms with E-state index in [9.17, 15) is 19.7 Å².